The molecule has 14 rings (SSSR count). The van der Waals surface area contributed by atoms with Crippen molar-refractivity contribution in [2.75, 3.05) is 16.5 Å². The van der Waals surface area contributed by atoms with Crippen LogP contribution in [0.3, 0.4) is 0 Å². The van der Waals surface area contributed by atoms with Crippen LogP contribution in [-0.2, 0) is 10.8 Å². The maximum absolute atomic E-state index is 7.64. The molecular formula is C75H62N4O. The standard InChI is InChI=1S/C75H62N4O/c1-74(2,3)53-38-39-76-71(44-53)79-66-35-21-20-32-59(66)65-46-62(49-24-10-7-11-25-49)70(47-69(65)79)80-56-41-52(72-60-33-18-16-30-57(60)58-31-17-19-34-61(58)72)40-55(45-56)77-48-78(68-37-23-22-36-67(68)77)73-63(50-26-12-8-13-27-50)42-54(75(4,5)6)43-64(73)51-28-14-9-15-29-51/h7-47,72H,48H2,1-6H3. The van der Waals surface area contributed by atoms with Crippen molar-refractivity contribution in [2.24, 2.45) is 0 Å². The van der Waals surface area contributed by atoms with E-state index < -0.39 is 0 Å². The molecule has 2 aromatic heterocycles. The zero-order chi connectivity index (χ0) is 54.3. The normalized spacial score (nSPS) is 13.2. The summed E-state index contributed by atoms with van der Waals surface area (Å²) in [6.07, 6.45) is 1.95. The van der Waals surface area contributed by atoms with Crippen LogP contribution in [0.1, 0.15) is 75.3 Å². The molecule has 1 aliphatic heterocycles. The number of hydrogen-bond donors (Lipinski definition) is 0. The lowest BCUT2D eigenvalue weighted by Crippen LogP contribution is -2.25. The van der Waals surface area contributed by atoms with Crippen LogP contribution in [0.15, 0.2) is 249 Å². The molecular weight excluding hydrogens is 973 g/mol. The van der Waals surface area contributed by atoms with E-state index >= 15 is 0 Å². The van der Waals surface area contributed by atoms with Gasteiger partial charge < -0.3 is 14.5 Å². The third-order valence-electron chi connectivity index (χ3n) is 16.5. The Morgan fingerprint density at radius 2 is 0.963 bits per heavy atom. The molecule has 80 heavy (non-hydrogen) atoms. The summed E-state index contributed by atoms with van der Waals surface area (Å²) in [5.41, 5.74) is 22.1. The summed E-state index contributed by atoms with van der Waals surface area (Å²) in [6, 6.07) is 88.8. The first-order valence-corrected chi connectivity index (χ1v) is 28.0. The van der Waals surface area contributed by atoms with Crippen molar-refractivity contribution in [1.29, 1.82) is 0 Å². The Hall–Kier alpha value is -9.45. The zero-order valence-corrected chi connectivity index (χ0v) is 46.2. The highest BCUT2D eigenvalue weighted by molar-refractivity contribution is 6.11. The number of fused-ring (bicyclic) bond motifs is 7. The lowest BCUT2D eigenvalue weighted by Gasteiger charge is -2.30. The van der Waals surface area contributed by atoms with E-state index in [1.54, 1.807) is 0 Å². The number of anilines is 4. The predicted molar refractivity (Wildman–Crippen MR) is 334 cm³/mol. The molecule has 3 heterocycles. The number of rotatable bonds is 9. The van der Waals surface area contributed by atoms with Crippen molar-refractivity contribution in [3.05, 3.63) is 277 Å². The monoisotopic (exact) mass is 1030 g/mol. The lowest BCUT2D eigenvalue weighted by molar-refractivity contribution is 0.484. The van der Waals surface area contributed by atoms with Gasteiger partial charge in [-0.25, -0.2) is 4.98 Å². The van der Waals surface area contributed by atoms with Gasteiger partial charge in [0.25, 0.3) is 0 Å². The van der Waals surface area contributed by atoms with Gasteiger partial charge in [-0.3, -0.25) is 4.57 Å². The molecule has 1 aliphatic carbocycles. The van der Waals surface area contributed by atoms with Gasteiger partial charge in [-0.1, -0.05) is 211 Å². The largest absolute Gasteiger partial charge is 0.457 e. The van der Waals surface area contributed by atoms with Crippen LogP contribution in [0.2, 0.25) is 0 Å². The molecule has 0 spiro atoms. The van der Waals surface area contributed by atoms with Crippen molar-refractivity contribution in [2.45, 2.75) is 58.3 Å². The van der Waals surface area contributed by atoms with Gasteiger partial charge in [-0.15, -0.1) is 0 Å². The highest BCUT2D eigenvalue weighted by Crippen LogP contribution is 2.54. The molecule has 0 unspecified atom stereocenters. The van der Waals surface area contributed by atoms with E-state index in [0.29, 0.717) is 6.67 Å². The highest BCUT2D eigenvalue weighted by Gasteiger charge is 2.35. The van der Waals surface area contributed by atoms with E-state index in [1.165, 1.54) is 61.3 Å². The smallest absolute Gasteiger partial charge is 0.137 e. The molecule has 12 aromatic rings. The van der Waals surface area contributed by atoms with E-state index in [0.717, 1.165) is 72.9 Å². The Kier molecular flexibility index (Phi) is 11.7. The topological polar surface area (TPSA) is 33.5 Å². The first-order valence-electron chi connectivity index (χ1n) is 28.0. The van der Waals surface area contributed by atoms with Crippen molar-refractivity contribution in [3.63, 3.8) is 0 Å². The molecule has 0 fully saturated rings. The minimum atomic E-state index is -0.0927. The minimum absolute atomic E-state index is 0.0299. The Morgan fingerprint density at radius 1 is 0.425 bits per heavy atom. The van der Waals surface area contributed by atoms with Crippen LogP contribution in [0.25, 0.3) is 72.1 Å². The molecule has 5 nitrogen and oxygen atoms in total. The number of pyridine rings is 1. The van der Waals surface area contributed by atoms with Gasteiger partial charge in [0.05, 0.1) is 28.1 Å². The summed E-state index contributed by atoms with van der Waals surface area (Å²) in [4.78, 5) is 10.1. The van der Waals surface area contributed by atoms with E-state index in [-0.39, 0.29) is 16.7 Å². The molecule has 0 amide bonds. The highest BCUT2D eigenvalue weighted by atomic mass is 16.5. The number of benzene rings is 10. The van der Waals surface area contributed by atoms with Crippen LogP contribution in [0.4, 0.5) is 22.7 Å². The Morgan fingerprint density at radius 3 is 1.57 bits per heavy atom. The quantitative estimate of drug-likeness (QED) is 0.144. The Labute approximate surface area is 469 Å². The molecule has 0 bridgehead atoms. The van der Waals surface area contributed by atoms with Crippen molar-refractivity contribution >= 4 is 44.6 Å². The van der Waals surface area contributed by atoms with Gasteiger partial charge in [0.1, 0.15) is 24.0 Å². The number of ether oxygens (including phenoxy) is 1. The fraction of sp³-hybridized carbons (Fsp3) is 0.133. The summed E-state index contributed by atoms with van der Waals surface area (Å²) >= 11 is 0. The second-order valence-corrected chi connectivity index (χ2v) is 23.6. The van der Waals surface area contributed by atoms with Gasteiger partial charge in [-0.05, 0) is 127 Å². The number of aromatic nitrogens is 2. The molecule has 0 N–H and O–H groups in total. The summed E-state index contributed by atoms with van der Waals surface area (Å²) in [7, 11) is 0. The first kappa shape index (κ1) is 48.9. The second kappa shape index (κ2) is 19.2. The summed E-state index contributed by atoms with van der Waals surface area (Å²) in [5.74, 6) is 2.36. The second-order valence-electron chi connectivity index (χ2n) is 23.6. The van der Waals surface area contributed by atoms with E-state index in [2.05, 4.69) is 299 Å². The third-order valence-corrected chi connectivity index (χ3v) is 16.5. The van der Waals surface area contributed by atoms with E-state index in [9.17, 15) is 0 Å². The lowest BCUT2D eigenvalue weighted by atomic mass is 9.82. The minimum Gasteiger partial charge on any atom is -0.457 e. The average molecular weight is 1040 g/mol. The van der Waals surface area contributed by atoms with Crippen LogP contribution >= 0.6 is 0 Å². The van der Waals surface area contributed by atoms with Gasteiger partial charge in [-0.2, -0.15) is 0 Å². The van der Waals surface area contributed by atoms with E-state index in [4.69, 9.17) is 9.72 Å². The summed E-state index contributed by atoms with van der Waals surface area (Å²) < 4.78 is 9.95. The molecule has 0 radical (unpaired) electrons. The van der Waals surface area contributed by atoms with Gasteiger partial charge in [0.2, 0.25) is 0 Å². The molecule has 388 valence electrons. The van der Waals surface area contributed by atoms with Crippen molar-refractivity contribution in [1.82, 2.24) is 9.55 Å². The fourth-order valence-corrected chi connectivity index (χ4v) is 12.5. The number of hydrogen-bond acceptors (Lipinski definition) is 4. The molecule has 10 aromatic carbocycles. The maximum Gasteiger partial charge on any atom is 0.137 e. The number of para-hydroxylation sites is 3. The summed E-state index contributed by atoms with van der Waals surface area (Å²) in [6.45, 7) is 14.3. The fourth-order valence-electron chi connectivity index (χ4n) is 12.5. The van der Waals surface area contributed by atoms with Crippen molar-refractivity contribution in [3.8, 4) is 61.8 Å². The molecule has 0 atom stereocenters. The van der Waals surface area contributed by atoms with Crippen molar-refractivity contribution < 1.29 is 4.74 Å². The average Bonchev–Trinajstić information content (AvgIpc) is 4.29. The Balaban J connectivity index is 0.990. The van der Waals surface area contributed by atoms with Crippen LogP contribution in [-0.4, -0.2) is 16.2 Å². The summed E-state index contributed by atoms with van der Waals surface area (Å²) in [5, 5.41) is 2.30. The van der Waals surface area contributed by atoms with Crippen LogP contribution in [0.5, 0.6) is 11.5 Å². The van der Waals surface area contributed by atoms with Gasteiger partial charge >= 0.3 is 0 Å². The third kappa shape index (κ3) is 8.44. The SMILES string of the molecule is CC(C)(C)c1ccnc(-n2c3ccccc3c3cc(-c4ccccc4)c(Oc4cc(C5c6ccccc6-c6ccccc65)cc(N5CN(c6c(-c7ccccc7)cc(C(C)(C)C)cc6-c6ccccc6)c6ccccc65)c4)cc32)c1. The predicted octanol–water partition coefficient (Wildman–Crippen LogP) is 20.0. The first-order chi connectivity index (χ1) is 38.9. The van der Waals surface area contributed by atoms with Crippen LogP contribution in [0, 0.1) is 0 Å². The molecule has 0 saturated carbocycles. The zero-order valence-electron chi connectivity index (χ0n) is 46.2. The maximum atomic E-state index is 7.64. The van der Waals surface area contributed by atoms with Gasteiger partial charge in [0.15, 0.2) is 0 Å². The van der Waals surface area contributed by atoms with Crippen LogP contribution < -0.4 is 14.5 Å². The Bertz CT molecular complexity index is 4230. The van der Waals surface area contributed by atoms with Gasteiger partial charge in [0, 0.05) is 57.4 Å². The molecule has 0 saturated heterocycles. The molecule has 5 heteroatoms. The van der Waals surface area contributed by atoms with E-state index in [1.807, 2.05) is 6.20 Å². The molecule has 2 aliphatic rings. The number of nitrogens with zero attached hydrogens (tertiary/aromatic N) is 4.